The maximum absolute atomic E-state index is 11.2. The van der Waals surface area contributed by atoms with Crippen molar-refractivity contribution in [2.75, 3.05) is 0 Å². The van der Waals surface area contributed by atoms with Gasteiger partial charge in [-0.25, -0.2) is 9.59 Å². The smallest absolute Gasteiger partial charge is 0.419 e. The van der Waals surface area contributed by atoms with Crippen LogP contribution in [0.5, 0.6) is 0 Å². The molecule has 2 atom stereocenters. The van der Waals surface area contributed by atoms with E-state index in [4.69, 9.17) is 9.47 Å². The van der Waals surface area contributed by atoms with Gasteiger partial charge in [0.05, 0.1) is 0 Å². The maximum Gasteiger partial charge on any atom is 0.454 e. The highest BCUT2D eigenvalue weighted by Crippen LogP contribution is 2.16. The van der Waals surface area contributed by atoms with E-state index in [0.717, 1.165) is 0 Å². The van der Waals surface area contributed by atoms with Crippen LogP contribution in [0, 0.1) is 11.8 Å². The van der Waals surface area contributed by atoms with E-state index in [1.165, 1.54) is 0 Å². The number of hydrogen-bond acceptors (Lipinski definition) is 6. The molecule has 8 nitrogen and oxygen atoms in total. The molecule has 0 aromatic carbocycles. The Balaban J connectivity index is 2.93. The lowest BCUT2D eigenvalue weighted by atomic mass is 10.2. The molecule has 0 aromatic heterocycles. The lowest BCUT2D eigenvalue weighted by molar-refractivity contribution is 0.0492. The van der Waals surface area contributed by atoms with Crippen molar-refractivity contribution in [3.8, 4) is 0 Å². The molecule has 0 fully saturated rings. The fourth-order valence-electron chi connectivity index (χ4n) is 1.05. The molecular weight excluding hydrogens is 240 g/mol. The number of carbonyl (C=O) groups is 2. The fraction of sp³-hybridized carbons (Fsp3) is 0.800. The van der Waals surface area contributed by atoms with Gasteiger partial charge in [-0.05, 0) is 0 Å². The molecule has 1 aliphatic rings. The Morgan fingerprint density at radius 1 is 0.833 bits per heavy atom. The van der Waals surface area contributed by atoms with Crippen molar-refractivity contribution in [3.63, 3.8) is 0 Å². The normalized spacial score (nSPS) is 25.2. The number of hydrogen-bond donors (Lipinski definition) is 0. The SMILES string of the molecule is CC(C)C1N=NC(C(C)C)OC(=O)N=NC(=O)O1. The number of amides is 2. The van der Waals surface area contributed by atoms with Crippen LogP contribution in [0.15, 0.2) is 20.5 Å². The first kappa shape index (κ1) is 14.2. The third-order valence-electron chi connectivity index (χ3n) is 2.09. The Bertz CT molecular complexity index is 344. The van der Waals surface area contributed by atoms with Gasteiger partial charge in [-0.15, -0.1) is 10.2 Å². The maximum atomic E-state index is 11.2. The summed E-state index contributed by atoms with van der Waals surface area (Å²) in [7, 11) is 0. The number of ether oxygens (including phenoxy) is 2. The number of nitrogens with zero attached hydrogens (tertiary/aromatic N) is 4. The van der Waals surface area contributed by atoms with Gasteiger partial charge >= 0.3 is 12.2 Å². The first-order valence-corrected chi connectivity index (χ1v) is 5.63. The third kappa shape index (κ3) is 4.19. The van der Waals surface area contributed by atoms with Gasteiger partial charge in [0.25, 0.3) is 0 Å². The van der Waals surface area contributed by atoms with Crippen LogP contribution in [0.1, 0.15) is 27.7 Å². The van der Waals surface area contributed by atoms with Crippen molar-refractivity contribution in [1.29, 1.82) is 0 Å². The highest BCUT2D eigenvalue weighted by molar-refractivity contribution is 5.73. The molecule has 1 aliphatic heterocycles. The van der Waals surface area contributed by atoms with Crippen molar-refractivity contribution >= 4 is 12.2 Å². The minimum absolute atomic E-state index is 0.0733. The number of cyclic esters (lactones) is 2. The predicted octanol–water partition coefficient (Wildman–Crippen LogP) is 3.14. The average molecular weight is 256 g/mol. The zero-order valence-electron chi connectivity index (χ0n) is 10.7. The summed E-state index contributed by atoms with van der Waals surface area (Å²) in [5.41, 5.74) is 0. The summed E-state index contributed by atoms with van der Waals surface area (Å²) in [6, 6.07) is 0. The lowest BCUT2D eigenvalue weighted by Gasteiger charge is -2.18. The van der Waals surface area contributed by atoms with Gasteiger partial charge in [0, 0.05) is 11.8 Å². The number of carbonyl (C=O) groups excluding carboxylic acids is 2. The van der Waals surface area contributed by atoms with Crippen molar-refractivity contribution in [2.45, 2.75) is 40.2 Å². The van der Waals surface area contributed by atoms with Crippen LogP contribution in [0.25, 0.3) is 0 Å². The summed E-state index contributed by atoms with van der Waals surface area (Å²) in [4.78, 5) is 22.4. The van der Waals surface area contributed by atoms with Crippen molar-refractivity contribution < 1.29 is 19.1 Å². The van der Waals surface area contributed by atoms with Crippen LogP contribution in [0.4, 0.5) is 9.59 Å². The Morgan fingerprint density at radius 2 is 1.17 bits per heavy atom. The molecule has 0 saturated carbocycles. The van der Waals surface area contributed by atoms with Gasteiger partial charge in [-0.3, -0.25) is 0 Å². The Morgan fingerprint density at radius 3 is 1.44 bits per heavy atom. The van der Waals surface area contributed by atoms with E-state index in [2.05, 4.69) is 20.5 Å². The lowest BCUT2D eigenvalue weighted by Crippen LogP contribution is -2.24. The molecule has 0 bridgehead atoms. The molecule has 0 aromatic rings. The summed E-state index contributed by atoms with van der Waals surface area (Å²) in [5.74, 6) is -0.147. The third-order valence-corrected chi connectivity index (χ3v) is 2.09. The monoisotopic (exact) mass is 256 g/mol. The van der Waals surface area contributed by atoms with E-state index in [1.807, 2.05) is 27.7 Å². The standard InChI is InChI=1S/C10H16N4O4/c1-5(2)7-11-12-8(6(3)4)18-10(16)14-13-9(15)17-7/h5-8H,1-4H3. The minimum Gasteiger partial charge on any atom is -0.419 e. The van der Waals surface area contributed by atoms with E-state index in [0.29, 0.717) is 0 Å². The second kappa shape index (κ2) is 6.18. The van der Waals surface area contributed by atoms with E-state index >= 15 is 0 Å². The molecule has 100 valence electrons. The minimum atomic E-state index is -0.993. The quantitative estimate of drug-likeness (QED) is 0.756. The number of rotatable bonds is 2. The zero-order chi connectivity index (χ0) is 13.7. The highest BCUT2D eigenvalue weighted by Gasteiger charge is 2.23. The molecule has 0 spiro atoms. The molecule has 2 unspecified atom stereocenters. The van der Waals surface area contributed by atoms with Crippen LogP contribution in [-0.2, 0) is 9.47 Å². The Kier molecular flexibility index (Phi) is 4.87. The van der Waals surface area contributed by atoms with E-state index in [-0.39, 0.29) is 11.8 Å². The largest absolute Gasteiger partial charge is 0.454 e. The van der Waals surface area contributed by atoms with Crippen LogP contribution < -0.4 is 0 Å². The summed E-state index contributed by atoms with van der Waals surface area (Å²) in [6.45, 7) is 7.26. The fourth-order valence-corrected chi connectivity index (χ4v) is 1.05. The predicted molar refractivity (Wildman–Crippen MR) is 59.9 cm³/mol. The highest BCUT2D eigenvalue weighted by atomic mass is 16.6. The van der Waals surface area contributed by atoms with Gasteiger partial charge in [-0.2, -0.15) is 0 Å². The van der Waals surface area contributed by atoms with Crippen molar-refractivity contribution in [1.82, 2.24) is 0 Å². The summed E-state index contributed by atoms with van der Waals surface area (Å²) < 4.78 is 9.79. The Hall–Kier alpha value is -1.86. The van der Waals surface area contributed by atoms with Crippen LogP contribution in [-0.4, -0.2) is 24.6 Å². The molecule has 1 heterocycles. The average Bonchev–Trinajstić information content (AvgIpc) is 2.28. The van der Waals surface area contributed by atoms with Gasteiger partial charge in [0.1, 0.15) is 0 Å². The topological polar surface area (TPSA) is 102 Å². The van der Waals surface area contributed by atoms with Crippen LogP contribution in [0.2, 0.25) is 0 Å². The van der Waals surface area contributed by atoms with E-state index in [1.54, 1.807) is 0 Å². The molecule has 8 heteroatoms. The molecule has 2 amide bonds. The van der Waals surface area contributed by atoms with Gasteiger partial charge in [0.2, 0.25) is 12.5 Å². The first-order valence-electron chi connectivity index (χ1n) is 5.63. The molecule has 0 radical (unpaired) electrons. The van der Waals surface area contributed by atoms with Gasteiger partial charge in [0.15, 0.2) is 0 Å². The summed E-state index contributed by atoms with van der Waals surface area (Å²) in [5, 5.41) is 13.9. The molecule has 1 rings (SSSR count). The molecule has 0 saturated heterocycles. The van der Waals surface area contributed by atoms with Crippen molar-refractivity contribution in [2.24, 2.45) is 32.3 Å². The Labute approximate surface area is 104 Å². The molecule has 0 aliphatic carbocycles. The van der Waals surface area contributed by atoms with Gasteiger partial charge < -0.3 is 9.47 Å². The zero-order valence-corrected chi connectivity index (χ0v) is 10.7. The molecular formula is C10H16N4O4. The second-order valence-corrected chi connectivity index (χ2v) is 4.47. The first-order chi connectivity index (χ1) is 8.40. The molecule has 18 heavy (non-hydrogen) atoms. The van der Waals surface area contributed by atoms with Crippen molar-refractivity contribution in [3.05, 3.63) is 0 Å². The summed E-state index contributed by atoms with van der Waals surface area (Å²) in [6.07, 6.45) is -3.52. The van der Waals surface area contributed by atoms with Crippen LogP contribution in [0.3, 0.4) is 0 Å². The number of azo groups is 2. The van der Waals surface area contributed by atoms with E-state index in [9.17, 15) is 9.59 Å². The second-order valence-electron chi connectivity index (χ2n) is 4.47. The van der Waals surface area contributed by atoms with Crippen LogP contribution >= 0.6 is 0 Å². The summed E-state index contributed by atoms with van der Waals surface area (Å²) >= 11 is 0. The molecule has 0 N–H and O–H groups in total. The van der Waals surface area contributed by atoms with Gasteiger partial charge in [-0.1, -0.05) is 37.9 Å². The van der Waals surface area contributed by atoms with E-state index < -0.39 is 24.6 Å².